The first-order chi connectivity index (χ1) is 4.83. The van der Waals surface area contributed by atoms with Crippen LogP contribution in [-0.2, 0) is 0 Å². The van der Waals surface area contributed by atoms with Gasteiger partial charge in [0.25, 0.3) is 0 Å². The van der Waals surface area contributed by atoms with Crippen molar-refractivity contribution in [2.45, 2.75) is 6.92 Å². The van der Waals surface area contributed by atoms with Gasteiger partial charge >= 0.3 is 0 Å². The fraction of sp³-hybridized carbons (Fsp3) is 0.125. The Bertz CT molecular complexity index is 241. The van der Waals surface area contributed by atoms with Gasteiger partial charge in [-0.25, -0.2) is 0 Å². The number of benzene rings is 1. The second-order valence-corrected chi connectivity index (χ2v) is 2.19. The molecule has 2 N–H and O–H groups in total. The summed E-state index contributed by atoms with van der Waals surface area (Å²) in [5, 5.41) is 3.42. The monoisotopic (exact) mass is 134 g/mol. The van der Waals surface area contributed by atoms with E-state index in [0.717, 1.165) is 5.56 Å². The molecule has 0 aliphatic heterocycles. The number of rotatable bonds is 1. The second-order valence-electron chi connectivity index (χ2n) is 2.19. The molecular formula is C8H10N2. The number of hydrogen-bond acceptors (Lipinski definition) is 2. The Kier molecular flexibility index (Phi) is 2.05. The van der Waals surface area contributed by atoms with Gasteiger partial charge in [0.15, 0.2) is 0 Å². The fourth-order valence-corrected chi connectivity index (χ4v) is 0.836. The minimum absolute atomic E-state index is 1.04. The van der Waals surface area contributed by atoms with E-state index in [0.29, 0.717) is 0 Å². The van der Waals surface area contributed by atoms with Crippen molar-refractivity contribution in [3.63, 3.8) is 0 Å². The van der Waals surface area contributed by atoms with Crippen molar-refractivity contribution in [2.24, 2.45) is 10.9 Å². The lowest BCUT2D eigenvalue weighted by atomic mass is 10.2. The van der Waals surface area contributed by atoms with E-state index in [9.17, 15) is 0 Å². The van der Waals surface area contributed by atoms with E-state index in [-0.39, 0.29) is 0 Å². The Morgan fingerprint density at radius 3 is 2.90 bits per heavy atom. The standard InChI is InChI=1S/C8H10N2/c1-7-3-2-4-8(5-7)6-10-9/h2-6H,9H2,1H3/b10-6+. The molecule has 1 aromatic carbocycles. The molecule has 0 amide bonds. The highest BCUT2D eigenvalue weighted by Gasteiger charge is 1.85. The van der Waals surface area contributed by atoms with Crippen molar-refractivity contribution < 1.29 is 0 Å². The molecule has 0 bridgehead atoms. The molecule has 0 radical (unpaired) electrons. The third-order valence-electron chi connectivity index (χ3n) is 1.27. The van der Waals surface area contributed by atoms with E-state index in [2.05, 4.69) is 5.10 Å². The van der Waals surface area contributed by atoms with E-state index < -0.39 is 0 Å². The molecule has 1 aromatic rings. The number of nitrogens with zero attached hydrogens (tertiary/aromatic N) is 1. The highest BCUT2D eigenvalue weighted by molar-refractivity contribution is 5.79. The van der Waals surface area contributed by atoms with Crippen LogP contribution in [0.25, 0.3) is 0 Å². The van der Waals surface area contributed by atoms with Crippen molar-refractivity contribution in [1.82, 2.24) is 0 Å². The SMILES string of the molecule is Cc1cccc(/C=N/N)c1. The van der Waals surface area contributed by atoms with Gasteiger partial charge in [0.05, 0.1) is 6.21 Å². The minimum Gasteiger partial charge on any atom is -0.323 e. The largest absolute Gasteiger partial charge is 0.323 e. The lowest BCUT2D eigenvalue weighted by molar-refractivity contribution is 1.26. The predicted octanol–water partition coefficient (Wildman–Crippen LogP) is 1.29. The molecule has 10 heavy (non-hydrogen) atoms. The van der Waals surface area contributed by atoms with Crippen LogP contribution in [0.1, 0.15) is 11.1 Å². The lowest BCUT2D eigenvalue weighted by Crippen LogP contribution is -1.85. The molecule has 0 atom stereocenters. The van der Waals surface area contributed by atoms with E-state index >= 15 is 0 Å². The van der Waals surface area contributed by atoms with Gasteiger partial charge in [-0.1, -0.05) is 29.8 Å². The smallest absolute Gasteiger partial charge is 0.0538 e. The van der Waals surface area contributed by atoms with Crippen molar-refractivity contribution in [3.05, 3.63) is 35.4 Å². The molecule has 0 spiro atoms. The van der Waals surface area contributed by atoms with E-state index in [1.54, 1.807) is 6.21 Å². The van der Waals surface area contributed by atoms with Gasteiger partial charge in [-0.15, -0.1) is 0 Å². The summed E-state index contributed by atoms with van der Waals surface area (Å²) in [7, 11) is 0. The highest BCUT2D eigenvalue weighted by atomic mass is 15.1. The highest BCUT2D eigenvalue weighted by Crippen LogP contribution is 1.99. The predicted molar refractivity (Wildman–Crippen MR) is 43.0 cm³/mol. The Balaban J connectivity index is 2.95. The summed E-state index contributed by atoms with van der Waals surface area (Å²) in [5.41, 5.74) is 2.26. The maximum absolute atomic E-state index is 4.98. The zero-order valence-corrected chi connectivity index (χ0v) is 5.91. The van der Waals surface area contributed by atoms with Gasteiger partial charge in [0.1, 0.15) is 0 Å². The van der Waals surface area contributed by atoms with Crippen LogP contribution in [0.15, 0.2) is 29.4 Å². The first-order valence-electron chi connectivity index (χ1n) is 3.13. The number of aryl methyl sites for hydroxylation is 1. The molecule has 0 heterocycles. The van der Waals surface area contributed by atoms with Crippen molar-refractivity contribution >= 4 is 6.21 Å². The van der Waals surface area contributed by atoms with Crippen LogP contribution in [0.5, 0.6) is 0 Å². The first kappa shape index (κ1) is 6.81. The average molecular weight is 134 g/mol. The summed E-state index contributed by atoms with van der Waals surface area (Å²) < 4.78 is 0. The van der Waals surface area contributed by atoms with E-state index in [4.69, 9.17) is 5.84 Å². The second kappa shape index (κ2) is 3.01. The summed E-state index contributed by atoms with van der Waals surface area (Å²) in [4.78, 5) is 0. The van der Waals surface area contributed by atoms with Crippen molar-refractivity contribution in [2.75, 3.05) is 0 Å². The van der Waals surface area contributed by atoms with Gasteiger partial charge in [-0.05, 0) is 12.5 Å². The molecule has 0 saturated carbocycles. The molecule has 2 nitrogen and oxygen atoms in total. The average Bonchev–Trinajstić information content (AvgIpc) is 1.88. The van der Waals surface area contributed by atoms with E-state index in [1.165, 1.54) is 5.56 Å². The first-order valence-corrected chi connectivity index (χ1v) is 3.13. The van der Waals surface area contributed by atoms with Crippen LogP contribution < -0.4 is 5.84 Å². The minimum atomic E-state index is 1.04. The molecule has 0 saturated heterocycles. The van der Waals surface area contributed by atoms with Crippen molar-refractivity contribution in [3.8, 4) is 0 Å². The maximum Gasteiger partial charge on any atom is 0.0538 e. The number of hydrazone groups is 1. The summed E-state index contributed by atoms with van der Waals surface area (Å²) in [6.45, 7) is 2.04. The molecule has 1 rings (SSSR count). The zero-order valence-electron chi connectivity index (χ0n) is 5.91. The van der Waals surface area contributed by atoms with Gasteiger partial charge in [0.2, 0.25) is 0 Å². The van der Waals surface area contributed by atoms with Gasteiger partial charge in [0, 0.05) is 0 Å². The molecule has 0 aromatic heterocycles. The van der Waals surface area contributed by atoms with Crippen LogP contribution in [0.4, 0.5) is 0 Å². The lowest BCUT2D eigenvalue weighted by Gasteiger charge is -1.92. The zero-order chi connectivity index (χ0) is 7.40. The third kappa shape index (κ3) is 1.58. The summed E-state index contributed by atoms with van der Waals surface area (Å²) >= 11 is 0. The van der Waals surface area contributed by atoms with Crippen LogP contribution >= 0.6 is 0 Å². The Morgan fingerprint density at radius 2 is 2.30 bits per heavy atom. The molecular weight excluding hydrogens is 124 g/mol. The number of nitrogens with two attached hydrogens (primary N) is 1. The molecule has 0 fully saturated rings. The Hall–Kier alpha value is -1.31. The number of hydrogen-bond donors (Lipinski definition) is 1. The summed E-state index contributed by atoms with van der Waals surface area (Å²) in [6, 6.07) is 8.00. The maximum atomic E-state index is 4.98. The molecule has 0 aliphatic rings. The quantitative estimate of drug-likeness (QED) is 0.351. The Labute approximate surface area is 60.4 Å². The van der Waals surface area contributed by atoms with Gasteiger partial charge in [-0.3, -0.25) is 0 Å². The van der Waals surface area contributed by atoms with Gasteiger partial charge < -0.3 is 5.84 Å². The summed E-state index contributed by atoms with van der Waals surface area (Å²) in [5.74, 6) is 4.98. The molecule has 52 valence electrons. The van der Waals surface area contributed by atoms with Crippen LogP contribution in [0.3, 0.4) is 0 Å². The van der Waals surface area contributed by atoms with Crippen LogP contribution in [-0.4, -0.2) is 6.21 Å². The topological polar surface area (TPSA) is 38.4 Å². The van der Waals surface area contributed by atoms with Gasteiger partial charge in [-0.2, -0.15) is 5.10 Å². The summed E-state index contributed by atoms with van der Waals surface area (Å²) in [6.07, 6.45) is 1.63. The van der Waals surface area contributed by atoms with E-state index in [1.807, 2.05) is 31.2 Å². The molecule has 0 aliphatic carbocycles. The normalized spacial score (nSPS) is 10.5. The third-order valence-corrected chi connectivity index (χ3v) is 1.27. The molecule has 0 unspecified atom stereocenters. The molecule has 2 heteroatoms. The van der Waals surface area contributed by atoms with Crippen molar-refractivity contribution in [1.29, 1.82) is 0 Å². The fourth-order valence-electron chi connectivity index (χ4n) is 0.836. The Morgan fingerprint density at radius 1 is 1.50 bits per heavy atom. The van der Waals surface area contributed by atoms with Crippen LogP contribution in [0, 0.1) is 6.92 Å². The van der Waals surface area contributed by atoms with Crippen LogP contribution in [0.2, 0.25) is 0 Å².